The maximum Gasteiger partial charge on any atom is 0.222 e. The Morgan fingerprint density at radius 2 is 1.89 bits per heavy atom. The van der Waals surface area contributed by atoms with Crippen LogP contribution in [-0.2, 0) is 4.79 Å². The van der Waals surface area contributed by atoms with E-state index in [9.17, 15) is 4.79 Å². The number of likely N-dealkylation sites (tertiary alicyclic amines) is 2. The van der Waals surface area contributed by atoms with Crippen molar-refractivity contribution in [2.45, 2.75) is 44.1 Å². The number of aromatic nitrogens is 4. The monoisotopic (exact) mass is 369 g/mol. The van der Waals surface area contributed by atoms with Crippen molar-refractivity contribution < 1.29 is 4.79 Å². The summed E-state index contributed by atoms with van der Waals surface area (Å²) in [6.45, 7) is 5.26. The summed E-state index contributed by atoms with van der Waals surface area (Å²) in [5.41, 5.74) is 0.836. The first-order chi connectivity index (χ1) is 13.2. The number of anilines is 1. The fraction of sp³-hybridized carbons (Fsp3) is 0.684. The SMILES string of the molecule is CN1C(=O)CCC1CN1CCC(c2nnc3ccc(N4CCC4)nn23)CC1. The molecule has 2 aromatic heterocycles. The number of carbonyl (C=O) groups excluding carboxylic acids is 1. The average molecular weight is 369 g/mol. The number of hydrogen-bond donors (Lipinski definition) is 0. The second-order valence-corrected chi connectivity index (χ2v) is 8.13. The van der Waals surface area contributed by atoms with E-state index in [1.807, 2.05) is 22.5 Å². The third-order valence-electron chi connectivity index (χ3n) is 6.51. The fourth-order valence-electron chi connectivity index (χ4n) is 4.51. The normalized spacial score (nSPS) is 24.8. The van der Waals surface area contributed by atoms with Gasteiger partial charge in [0.15, 0.2) is 11.5 Å². The number of hydrogen-bond acceptors (Lipinski definition) is 6. The van der Waals surface area contributed by atoms with Crippen LogP contribution in [0.4, 0.5) is 5.82 Å². The third-order valence-corrected chi connectivity index (χ3v) is 6.51. The number of likely N-dealkylation sites (N-methyl/N-ethyl adjacent to an activating group) is 1. The van der Waals surface area contributed by atoms with Crippen LogP contribution in [0.5, 0.6) is 0 Å². The summed E-state index contributed by atoms with van der Waals surface area (Å²) in [5, 5.41) is 13.6. The Balaban J connectivity index is 1.26. The molecule has 1 unspecified atom stereocenters. The first kappa shape index (κ1) is 16.9. The molecular formula is C19H27N7O. The van der Waals surface area contributed by atoms with Crippen LogP contribution in [0.3, 0.4) is 0 Å². The minimum absolute atomic E-state index is 0.286. The molecule has 0 N–H and O–H groups in total. The fourth-order valence-corrected chi connectivity index (χ4v) is 4.51. The van der Waals surface area contributed by atoms with Gasteiger partial charge in [0.05, 0.1) is 0 Å². The van der Waals surface area contributed by atoms with Crippen LogP contribution in [0.1, 0.15) is 43.8 Å². The number of amides is 1. The van der Waals surface area contributed by atoms with Gasteiger partial charge < -0.3 is 14.7 Å². The van der Waals surface area contributed by atoms with Crippen LogP contribution < -0.4 is 4.90 Å². The molecule has 2 aromatic rings. The largest absolute Gasteiger partial charge is 0.355 e. The number of fused-ring (bicyclic) bond motifs is 1. The highest BCUT2D eigenvalue weighted by Crippen LogP contribution is 2.29. The smallest absolute Gasteiger partial charge is 0.222 e. The molecule has 27 heavy (non-hydrogen) atoms. The minimum atomic E-state index is 0.286. The molecule has 8 heteroatoms. The molecule has 0 bridgehead atoms. The molecule has 144 valence electrons. The van der Waals surface area contributed by atoms with Crippen LogP contribution in [0.25, 0.3) is 5.65 Å². The molecule has 3 fully saturated rings. The van der Waals surface area contributed by atoms with Crippen molar-refractivity contribution in [1.82, 2.24) is 29.6 Å². The van der Waals surface area contributed by atoms with Crippen molar-refractivity contribution in [3.8, 4) is 0 Å². The molecule has 3 aliphatic rings. The van der Waals surface area contributed by atoms with Crippen LogP contribution in [-0.4, -0.2) is 81.3 Å². The molecule has 0 aromatic carbocycles. The standard InChI is InChI=1S/C19H27N7O/c1-23-15(3-6-18(23)27)13-24-11-7-14(8-12-24)19-21-20-16-4-5-17(22-26(16)19)25-9-2-10-25/h4-5,14-15H,2-3,6-13H2,1H3. The highest BCUT2D eigenvalue weighted by atomic mass is 16.2. The Labute approximate surface area is 159 Å². The maximum absolute atomic E-state index is 11.7. The predicted octanol–water partition coefficient (Wildman–Crippen LogP) is 1.13. The Kier molecular flexibility index (Phi) is 4.22. The molecule has 1 atom stereocenters. The lowest BCUT2D eigenvalue weighted by Gasteiger charge is -2.34. The van der Waals surface area contributed by atoms with E-state index in [4.69, 9.17) is 5.10 Å². The van der Waals surface area contributed by atoms with Gasteiger partial charge in [-0.15, -0.1) is 15.3 Å². The van der Waals surface area contributed by atoms with E-state index < -0.39 is 0 Å². The van der Waals surface area contributed by atoms with E-state index in [0.29, 0.717) is 18.4 Å². The molecule has 5 heterocycles. The van der Waals surface area contributed by atoms with E-state index >= 15 is 0 Å². The second kappa shape index (κ2) is 6.74. The summed E-state index contributed by atoms with van der Waals surface area (Å²) >= 11 is 0. The molecule has 0 spiro atoms. The zero-order chi connectivity index (χ0) is 18.4. The van der Waals surface area contributed by atoms with Gasteiger partial charge in [0.1, 0.15) is 5.82 Å². The van der Waals surface area contributed by atoms with Gasteiger partial charge in [-0.3, -0.25) is 4.79 Å². The first-order valence-corrected chi connectivity index (χ1v) is 10.1. The van der Waals surface area contributed by atoms with Gasteiger partial charge in [0.2, 0.25) is 5.91 Å². The average Bonchev–Trinajstić information content (AvgIpc) is 3.19. The van der Waals surface area contributed by atoms with Crippen LogP contribution in [0.15, 0.2) is 12.1 Å². The summed E-state index contributed by atoms with van der Waals surface area (Å²) in [4.78, 5) is 18.5. The van der Waals surface area contributed by atoms with Crippen molar-refractivity contribution in [3.63, 3.8) is 0 Å². The van der Waals surface area contributed by atoms with Crippen LogP contribution in [0.2, 0.25) is 0 Å². The lowest BCUT2D eigenvalue weighted by molar-refractivity contribution is -0.127. The van der Waals surface area contributed by atoms with Gasteiger partial charge in [-0.2, -0.15) is 4.52 Å². The van der Waals surface area contributed by atoms with Crippen LogP contribution in [0, 0.1) is 0 Å². The van der Waals surface area contributed by atoms with Crippen molar-refractivity contribution in [2.24, 2.45) is 0 Å². The van der Waals surface area contributed by atoms with Crippen molar-refractivity contribution in [1.29, 1.82) is 0 Å². The summed E-state index contributed by atoms with van der Waals surface area (Å²) < 4.78 is 1.96. The van der Waals surface area contributed by atoms with Gasteiger partial charge in [-0.05, 0) is 50.9 Å². The van der Waals surface area contributed by atoms with E-state index in [1.54, 1.807) is 0 Å². The topological polar surface area (TPSA) is 69.9 Å². The third kappa shape index (κ3) is 3.05. The minimum Gasteiger partial charge on any atom is -0.355 e. The lowest BCUT2D eigenvalue weighted by Crippen LogP contribution is -2.43. The molecular weight excluding hydrogens is 342 g/mol. The number of nitrogens with zero attached hydrogens (tertiary/aromatic N) is 7. The molecule has 3 saturated heterocycles. The summed E-state index contributed by atoms with van der Waals surface area (Å²) in [5.74, 6) is 2.72. The van der Waals surface area contributed by atoms with Gasteiger partial charge >= 0.3 is 0 Å². The van der Waals surface area contributed by atoms with E-state index in [0.717, 1.165) is 69.3 Å². The van der Waals surface area contributed by atoms with Crippen LogP contribution >= 0.6 is 0 Å². The molecule has 0 aliphatic carbocycles. The quantitative estimate of drug-likeness (QED) is 0.805. The number of piperidine rings is 1. The van der Waals surface area contributed by atoms with Gasteiger partial charge in [-0.25, -0.2) is 0 Å². The second-order valence-electron chi connectivity index (χ2n) is 8.13. The van der Waals surface area contributed by atoms with Crippen molar-refractivity contribution >= 4 is 17.4 Å². The molecule has 8 nitrogen and oxygen atoms in total. The Hall–Kier alpha value is -2.22. The van der Waals surface area contributed by atoms with Gasteiger partial charge in [0, 0.05) is 45.1 Å². The molecule has 0 radical (unpaired) electrons. The molecule has 5 rings (SSSR count). The van der Waals surface area contributed by atoms with Gasteiger partial charge in [0.25, 0.3) is 0 Å². The first-order valence-electron chi connectivity index (χ1n) is 10.1. The van der Waals surface area contributed by atoms with E-state index in [1.165, 1.54) is 6.42 Å². The number of rotatable bonds is 4. The lowest BCUT2D eigenvalue weighted by atomic mass is 9.95. The van der Waals surface area contributed by atoms with E-state index in [-0.39, 0.29) is 5.91 Å². The Morgan fingerprint density at radius 3 is 2.56 bits per heavy atom. The molecule has 3 aliphatic heterocycles. The summed E-state index contributed by atoms with van der Waals surface area (Å²) in [6, 6.07) is 4.46. The molecule has 0 saturated carbocycles. The highest BCUT2D eigenvalue weighted by Gasteiger charge is 2.31. The van der Waals surface area contributed by atoms with E-state index in [2.05, 4.69) is 26.1 Å². The Morgan fingerprint density at radius 1 is 1.07 bits per heavy atom. The zero-order valence-corrected chi connectivity index (χ0v) is 15.9. The van der Waals surface area contributed by atoms with Crippen molar-refractivity contribution in [3.05, 3.63) is 18.0 Å². The van der Waals surface area contributed by atoms with Gasteiger partial charge in [-0.1, -0.05) is 0 Å². The Bertz CT molecular complexity index is 838. The summed E-state index contributed by atoms with van der Waals surface area (Å²) in [7, 11) is 1.94. The molecule has 1 amide bonds. The van der Waals surface area contributed by atoms with Crippen molar-refractivity contribution in [2.75, 3.05) is 44.7 Å². The zero-order valence-electron chi connectivity index (χ0n) is 15.9. The predicted molar refractivity (Wildman–Crippen MR) is 102 cm³/mol. The highest BCUT2D eigenvalue weighted by molar-refractivity contribution is 5.78. The maximum atomic E-state index is 11.7. The summed E-state index contributed by atoms with van der Waals surface area (Å²) in [6.07, 6.45) is 5.08. The number of carbonyl (C=O) groups is 1.